The molecule has 2 fully saturated rings. The molecule has 2 aliphatic rings. The zero-order valence-electron chi connectivity index (χ0n) is 10.4. The van der Waals surface area contributed by atoms with Gasteiger partial charge in [0.05, 0.1) is 0 Å². The van der Waals surface area contributed by atoms with Crippen LogP contribution in [0.5, 0.6) is 0 Å². The normalized spacial score (nSPS) is 35.1. The number of carbonyl (C=O) groups is 1. The second kappa shape index (κ2) is 4.73. The highest BCUT2D eigenvalue weighted by molar-refractivity contribution is 5.74. The summed E-state index contributed by atoms with van der Waals surface area (Å²) < 4.78 is 0. The maximum Gasteiger partial charge on any atom is 0.320 e. The third-order valence-corrected chi connectivity index (χ3v) is 4.52. The first-order valence-corrected chi connectivity index (χ1v) is 6.78. The molecule has 3 rings (SSSR count). The highest BCUT2D eigenvalue weighted by atomic mass is 16.4. The molecule has 3 nitrogen and oxygen atoms in total. The first-order chi connectivity index (χ1) is 8.74. The second-order valence-electron chi connectivity index (χ2n) is 5.58. The van der Waals surface area contributed by atoms with E-state index in [-0.39, 0.29) is 6.04 Å². The lowest BCUT2D eigenvalue weighted by molar-refractivity contribution is -0.139. The van der Waals surface area contributed by atoms with Gasteiger partial charge in [-0.1, -0.05) is 30.3 Å². The van der Waals surface area contributed by atoms with Crippen molar-refractivity contribution in [3.05, 3.63) is 35.9 Å². The summed E-state index contributed by atoms with van der Waals surface area (Å²) in [6.45, 7) is 0. The van der Waals surface area contributed by atoms with Gasteiger partial charge in [0.25, 0.3) is 0 Å². The Morgan fingerprint density at radius 1 is 1.17 bits per heavy atom. The zero-order chi connectivity index (χ0) is 12.5. The van der Waals surface area contributed by atoms with Gasteiger partial charge in [-0.3, -0.25) is 4.79 Å². The predicted molar refractivity (Wildman–Crippen MR) is 69.5 cm³/mol. The molecule has 4 atom stereocenters. The van der Waals surface area contributed by atoms with E-state index in [0.29, 0.717) is 17.9 Å². The van der Waals surface area contributed by atoms with Crippen LogP contribution >= 0.6 is 0 Å². The molecule has 0 amide bonds. The van der Waals surface area contributed by atoms with Crippen LogP contribution in [0.25, 0.3) is 0 Å². The molecule has 18 heavy (non-hydrogen) atoms. The maximum absolute atomic E-state index is 11.0. The van der Waals surface area contributed by atoms with Crippen molar-refractivity contribution in [1.82, 2.24) is 5.32 Å². The highest BCUT2D eigenvalue weighted by Crippen LogP contribution is 2.40. The van der Waals surface area contributed by atoms with E-state index >= 15 is 0 Å². The summed E-state index contributed by atoms with van der Waals surface area (Å²) in [6.07, 6.45) is 4.24. The van der Waals surface area contributed by atoms with Crippen LogP contribution in [0, 0.1) is 5.92 Å². The van der Waals surface area contributed by atoms with E-state index in [2.05, 4.69) is 29.6 Å². The maximum atomic E-state index is 11.0. The van der Waals surface area contributed by atoms with E-state index in [9.17, 15) is 4.79 Å². The number of carboxylic acid groups (broad SMARTS) is 1. The first kappa shape index (κ1) is 11.7. The van der Waals surface area contributed by atoms with Crippen LogP contribution < -0.4 is 5.32 Å². The van der Waals surface area contributed by atoms with E-state index < -0.39 is 5.97 Å². The molecule has 0 radical (unpaired) electrons. The summed E-state index contributed by atoms with van der Waals surface area (Å²) in [6, 6.07) is 10.7. The fourth-order valence-electron chi connectivity index (χ4n) is 3.55. The summed E-state index contributed by atoms with van der Waals surface area (Å²) in [4.78, 5) is 11.0. The molecule has 96 valence electrons. The molecule has 1 saturated carbocycles. The summed E-state index contributed by atoms with van der Waals surface area (Å²) >= 11 is 0. The Hall–Kier alpha value is -1.35. The Morgan fingerprint density at radius 3 is 2.67 bits per heavy atom. The number of fused-ring (bicyclic) bond motifs is 1. The summed E-state index contributed by atoms with van der Waals surface area (Å²) in [5.41, 5.74) is 1.40. The lowest BCUT2D eigenvalue weighted by Gasteiger charge is -2.31. The minimum atomic E-state index is -0.694. The summed E-state index contributed by atoms with van der Waals surface area (Å²) in [5, 5.41) is 12.4. The van der Waals surface area contributed by atoms with Crippen molar-refractivity contribution in [3.63, 3.8) is 0 Å². The van der Waals surface area contributed by atoms with Gasteiger partial charge in [-0.25, -0.2) is 0 Å². The van der Waals surface area contributed by atoms with Gasteiger partial charge in [0.1, 0.15) is 6.04 Å². The van der Waals surface area contributed by atoms with Crippen LogP contribution in [-0.2, 0) is 4.79 Å². The fourth-order valence-corrected chi connectivity index (χ4v) is 3.55. The van der Waals surface area contributed by atoms with Crippen LogP contribution in [-0.4, -0.2) is 23.2 Å². The second-order valence-corrected chi connectivity index (χ2v) is 5.58. The van der Waals surface area contributed by atoms with E-state index in [1.54, 1.807) is 0 Å². The standard InChI is InChI=1S/C15H19NO2/c17-15(18)14-9-12-7-6-11(8-13(12)16-14)10-4-2-1-3-5-10/h1-5,11-14,16H,6-9H2,(H,17,18)/t11?,12-,13-,14+/m1/s1. The molecule has 1 aromatic carbocycles. The quantitative estimate of drug-likeness (QED) is 0.841. The van der Waals surface area contributed by atoms with Crippen molar-refractivity contribution in [2.75, 3.05) is 0 Å². The van der Waals surface area contributed by atoms with Gasteiger partial charge in [-0.05, 0) is 43.1 Å². The Labute approximate surface area is 107 Å². The number of carboxylic acids is 1. The van der Waals surface area contributed by atoms with Gasteiger partial charge in [-0.2, -0.15) is 0 Å². The van der Waals surface area contributed by atoms with Crippen molar-refractivity contribution in [2.45, 2.75) is 43.7 Å². The monoisotopic (exact) mass is 245 g/mol. The average Bonchev–Trinajstić information content (AvgIpc) is 2.82. The van der Waals surface area contributed by atoms with E-state index in [0.717, 1.165) is 19.3 Å². The van der Waals surface area contributed by atoms with Crippen molar-refractivity contribution in [1.29, 1.82) is 0 Å². The van der Waals surface area contributed by atoms with Crippen LogP contribution in [0.1, 0.15) is 37.2 Å². The minimum absolute atomic E-state index is 0.325. The van der Waals surface area contributed by atoms with Crippen molar-refractivity contribution in [3.8, 4) is 0 Å². The number of nitrogens with one attached hydrogen (secondary N) is 1. The molecular formula is C15H19NO2. The number of benzene rings is 1. The smallest absolute Gasteiger partial charge is 0.320 e. The lowest BCUT2D eigenvalue weighted by atomic mass is 9.76. The van der Waals surface area contributed by atoms with Gasteiger partial charge in [0.15, 0.2) is 0 Å². The topological polar surface area (TPSA) is 49.3 Å². The lowest BCUT2D eigenvalue weighted by Crippen LogP contribution is -2.38. The van der Waals surface area contributed by atoms with Crippen molar-refractivity contribution >= 4 is 5.97 Å². The third-order valence-electron chi connectivity index (χ3n) is 4.52. The Balaban J connectivity index is 1.69. The summed E-state index contributed by atoms with van der Waals surface area (Å²) in [5.74, 6) is 0.458. The molecule has 1 aliphatic carbocycles. The van der Waals surface area contributed by atoms with Crippen LogP contribution in [0.15, 0.2) is 30.3 Å². The van der Waals surface area contributed by atoms with E-state index in [1.807, 2.05) is 6.07 Å². The molecule has 0 bridgehead atoms. The summed E-state index contributed by atoms with van der Waals surface area (Å²) in [7, 11) is 0. The van der Waals surface area contributed by atoms with Crippen molar-refractivity contribution < 1.29 is 9.90 Å². The van der Waals surface area contributed by atoms with Gasteiger partial charge in [0.2, 0.25) is 0 Å². The number of rotatable bonds is 2. The SMILES string of the molecule is O=C(O)[C@@H]1C[C@H]2CCC(c3ccccc3)C[C@H]2N1. The molecule has 1 saturated heterocycles. The third kappa shape index (κ3) is 2.15. The molecule has 1 unspecified atom stereocenters. The number of hydrogen-bond donors (Lipinski definition) is 2. The molecule has 1 heterocycles. The molecule has 0 aromatic heterocycles. The Kier molecular flexibility index (Phi) is 3.08. The minimum Gasteiger partial charge on any atom is -0.480 e. The van der Waals surface area contributed by atoms with Crippen molar-refractivity contribution in [2.24, 2.45) is 5.92 Å². The zero-order valence-corrected chi connectivity index (χ0v) is 10.4. The van der Waals surface area contributed by atoms with Gasteiger partial charge in [0, 0.05) is 6.04 Å². The Morgan fingerprint density at radius 2 is 1.94 bits per heavy atom. The average molecular weight is 245 g/mol. The molecule has 2 N–H and O–H groups in total. The van der Waals surface area contributed by atoms with Gasteiger partial charge in [-0.15, -0.1) is 0 Å². The molecular weight excluding hydrogens is 226 g/mol. The van der Waals surface area contributed by atoms with Gasteiger partial charge >= 0.3 is 5.97 Å². The molecule has 1 aliphatic heterocycles. The highest BCUT2D eigenvalue weighted by Gasteiger charge is 2.40. The van der Waals surface area contributed by atoms with Crippen LogP contribution in [0.2, 0.25) is 0 Å². The van der Waals surface area contributed by atoms with E-state index in [1.165, 1.54) is 12.0 Å². The van der Waals surface area contributed by atoms with Crippen LogP contribution in [0.3, 0.4) is 0 Å². The largest absolute Gasteiger partial charge is 0.480 e. The molecule has 3 heteroatoms. The number of aliphatic carboxylic acids is 1. The predicted octanol–water partition coefficient (Wildman–Crippen LogP) is 2.39. The Bertz CT molecular complexity index is 431. The van der Waals surface area contributed by atoms with Gasteiger partial charge < -0.3 is 10.4 Å². The van der Waals surface area contributed by atoms with Crippen LogP contribution in [0.4, 0.5) is 0 Å². The molecule has 0 spiro atoms. The van der Waals surface area contributed by atoms with E-state index in [4.69, 9.17) is 5.11 Å². The molecule has 1 aromatic rings. The number of hydrogen-bond acceptors (Lipinski definition) is 2. The fraction of sp³-hybridized carbons (Fsp3) is 0.533. The first-order valence-electron chi connectivity index (χ1n) is 6.78.